The van der Waals surface area contributed by atoms with E-state index in [2.05, 4.69) is 56.9 Å². The highest BCUT2D eigenvalue weighted by molar-refractivity contribution is 5.82. The number of pyridine rings is 1. The molecule has 1 aromatic carbocycles. The lowest BCUT2D eigenvalue weighted by Gasteiger charge is -2.19. The molecular formula is C14H17N. The van der Waals surface area contributed by atoms with E-state index in [1.807, 2.05) is 6.20 Å². The minimum absolute atomic E-state index is 0.170. The van der Waals surface area contributed by atoms with Crippen LogP contribution in [0.15, 0.2) is 30.5 Å². The van der Waals surface area contributed by atoms with Gasteiger partial charge in [0.05, 0.1) is 5.52 Å². The summed E-state index contributed by atoms with van der Waals surface area (Å²) in [4.78, 5) is 4.51. The number of aryl methyl sites for hydroxylation is 1. The first-order valence-corrected chi connectivity index (χ1v) is 5.34. The molecule has 0 unspecified atom stereocenters. The lowest BCUT2D eigenvalue weighted by atomic mass is 9.87. The standard InChI is InChI=1S/C14H17N/c1-10-6-5-7-13-12(10)8-11(9-15-13)14(2,3)4/h5-9H,1-4H3. The van der Waals surface area contributed by atoms with Crippen molar-refractivity contribution in [3.8, 4) is 0 Å². The van der Waals surface area contributed by atoms with Gasteiger partial charge in [-0.2, -0.15) is 0 Å². The molecule has 0 bridgehead atoms. The second-order valence-electron chi connectivity index (χ2n) is 5.12. The smallest absolute Gasteiger partial charge is 0.0704 e. The monoisotopic (exact) mass is 199 g/mol. The van der Waals surface area contributed by atoms with Crippen LogP contribution in [0, 0.1) is 6.92 Å². The first-order valence-electron chi connectivity index (χ1n) is 5.34. The highest BCUT2D eigenvalue weighted by atomic mass is 14.7. The van der Waals surface area contributed by atoms with Gasteiger partial charge in [0.15, 0.2) is 0 Å². The zero-order valence-corrected chi connectivity index (χ0v) is 9.83. The van der Waals surface area contributed by atoms with Crippen molar-refractivity contribution in [1.29, 1.82) is 0 Å². The maximum Gasteiger partial charge on any atom is 0.0704 e. The molecule has 78 valence electrons. The predicted octanol–water partition coefficient (Wildman–Crippen LogP) is 3.84. The molecule has 0 radical (unpaired) electrons. The molecule has 0 aliphatic heterocycles. The Morgan fingerprint density at radius 2 is 1.87 bits per heavy atom. The molecule has 1 nitrogen and oxygen atoms in total. The van der Waals surface area contributed by atoms with E-state index in [9.17, 15) is 0 Å². The van der Waals surface area contributed by atoms with Crippen molar-refractivity contribution in [2.75, 3.05) is 0 Å². The molecule has 0 spiro atoms. The summed E-state index contributed by atoms with van der Waals surface area (Å²) in [5.41, 5.74) is 3.85. The van der Waals surface area contributed by atoms with Gasteiger partial charge < -0.3 is 0 Å². The second kappa shape index (κ2) is 3.34. The van der Waals surface area contributed by atoms with Gasteiger partial charge in [-0.25, -0.2) is 0 Å². The SMILES string of the molecule is Cc1cccc2ncc(C(C)(C)C)cc12. The van der Waals surface area contributed by atoms with E-state index >= 15 is 0 Å². The summed E-state index contributed by atoms with van der Waals surface area (Å²) in [7, 11) is 0. The Labute approximate surface area is 91.2 Å². The molecule has 1 heteroatoms. The number of aromatic nitrogens is 1. The number of benzene rings is 1. The fourth-order valence-electron chi connectivity index (χ4n) is 1.71. The molecule has 0 fully saturated rings. The van der Waals surface area contributed by atoms with Crippen molar-refractivity contribution >= 4 is 10.9 Å². The molecule has 0 aliphatic carbocycles. The number of fused-ring (bicyclic) bond motifs is 1. The first-order chi connectivity index (χ1) is 6.98. The van der Waals surface area contributed by atoms with Gasteiger partial charge in [0.2, 0.25) is 0 Å². The maximum absolute atomic E-state index is 4.51. The van der Waals surface area contributed by atoms with E-state index in [0.717, 1.165) is 5.52 Å². The topological polar surface area (TPSA) is 12.9 Å². The van der Waals surface area contributed by atoms with Crippen LogP contribution in [0.25, 0.3) is 10.9 Å². The Bertz CT molecular complexity index is 492. The highest BCUT2D eigenvalue weighted by Crippen LogP contribution is 2.25. The van der Waals surface area contributed by atoms with E-state index in [1.54, 1.807) is 0 Å². The molecule has 1 aromatic heterocycles. The maximum atomic E-state index is 4.51. The van der Waals surface area contributed by atoms with Gasteiger partial charge in [-0.3, -0.25) is 4.98 Å². The van der Waals surface area contributed by atoms with Crippen molar-refractivity contribution in [2.24, 2.45) is 0 Å². The van der Waals surface area contributed by atoms with Crippen LogP contribution in [0.3, 0.4) is 0 Å². The third-order valence-corrected chi connectivity index (χ3v) is 2.81. The van der Waals surface area contributed by atoms with Gasteiger partial charge in [-0.15, -0.1) is 0 Å². The molecule has 1 heterocycles. The van der Waals surface area contributed by atoms with Crippen LogP contribution in [0.1, 0.15) is 31.9 Å². The zero-order valence-electron chi connectivity index (χ0n) is 9.83. The Kier molecular flexibility index (Phi) is 2.26. The number of hydrogen-bond donors (Lipinski definition) is 0. The lowest BCUT2D eigenvalue weighted by Crippen LogP contribution is -2.11. The highest BCUT2D eigenvalue weighted by Gasteiger charge is 2.14. The van der Waals surface area contributed by atoms with Gasteiger partial charge in [-0.1, -0.05) is 32.9 Å². The summed E-state index contributed by atoms with van der Waals surface area (Å²) in [6.07, 6.45) is 1.99. The van der Waals surface area contributed by atoms with E-state index in [0.29, 0.717) is 0 Å². The van der Waals surface area contributed by atoms with Crippen LogP contribution in [0.4, 0.5) is 0 Å². The van der Waals surface area contributed by atoms with E-state index in [4.69, 9.17) is 0 Å². The van der Waals surface area contributed by atoms with Gasteiger partial charge >= 0.3 is 0 Å². The third-order valence-electron chi connectivity index (χ3n) is 2.81. The largest absolute Gasteiger partial charge is 0.256 e. The van der Waals surface area contributed by atoms with Gasteiger partial charge in [0.25, 0.3) is 0 Å². The minimum atomic E-state index is 0.170. The number of rotatable bonds is 0. The van der Waals surface area contributed by atoms with Gasteiger partial charge in [0, 0.05) is 11.6 Å². The first kappa shape index (κ1) is 10.2. The number of nitrogens with zero attached hydrogens (tertiary/aromatic N) is 1. The normalized spacial score (nSPS) is 12.0. The lowest BCUT2D eigenvalue weighted by molar-refractivity contribution is 0.588. The summed E-state index contributed by atoms with van der Waals surface area (Å²) >= 11 is 0. The molecule has 0 aliphatic rings. The van der Waals surface area contributed by atoms with Crippen LogP contribution in [-0.2, 0) is 5.41 Å². The van der Waals surface area contributed by atoms with E-state index in [1.165, 1.54) is 16.5 Å². The van der Waals surface area contributed by atoms with Crippen molar-refractivity contribution in [2.45, 2.75) is 33.1 Å². The third kappa shape index (κ3) is 1.87. The fourth-order valence-corrected chi connectivity index (χ4v) is 1.71. The molecule has 0 amide bonds. The molecule has 0 atom stereocenters. The Morgan fingerprint density at radius 1 is 1.13 bits per heavy atom. The molecular weight excluding hydrogens is 182 g/mol. The molecule has 0 saturated heterocycles. The molecule has 0 N–H and O–H groups in total. The van der Waals surface area contributed by atoms with Gasteiger partial charge in [0.1, 0.15) is 0 Å². The zero-order chi connectivity index (χ0) is 11.1. The molecule has 0 saturated carbocycles. The van der Waals surface area contributed by atoms with Crippen LogP contribution < -0.4 is 0 Å². The molecule has 2 aromatic rings. The Hall–Kier alpha value is -1.37. The quantitative estimate of drug-likeness (QED) is 0.628. The van der Waals surface area contributed by atoms with Crippen molar-refractivity contribution < 1.29 is 0 Å². The fraction of sp³-hybridized carbons (Fsp3) is 0.357. The van der Waals surface area contributed by atoms with Crippen molar-refractivity contribution in [3.05, 3.63) is 41.6 Å². The van der Waals surface area contributed by atoms with Gasteiger partial charge in [-0.05, 0) is 35.6 Å². The summed E-state index contributed by atoms with van der Waals surface area (Å²) in [6.45, 7) is 8.78. The Balaban J connectivity index is 2.70. The summed E-state index contributed by atoms with van der Waals surface area (Å²) < 4.78 is 0. The van der Waals surface area contributed by atoms with Crippen LogP contribution >= 0.6 is 0 Å². The number of hydrogen-bond acceptors (Lipinski definition) is 1. The summed E-state index contributed by atoms with van der Waals surface area (Å²) in [5, 5.41) is 1.27. The van der Waals surface area contributed by atoms with Crippen molar-refractivity contribution in [3.63, 3.8) is 0 Å². The average molecular weight is 199 g/mol. The van der Waals surface area contributed by atoms with Crippen molar-refractivity contribution in [1.82, 2.24) is 4.98 Å². The van der Waals surface area contributed by atoms with E-state index < -0.39 is 0 Å². The van der Waals surface area contributed by atoms with Crippen LogP contribution in [0.2, 0.25) is 0 Å². The summed E-state index contributed by atoms with van der Waals surface area (Å²) in [5.74, 6) is 0. The minimum Gasteiger partial charge on any atom is -0.256 e. The summed E-state index contributed by atoms with van der Waals surface area (Å²) in [6, 6.07) is 8.52. The van der Waals surface area contributed by atoms with Crippen LogP contribution in [-0.4, -0.2) is 4.98 Å². The predicted molar refractivity (Wildman–Crippen MR) is 65.2 cm³/mol. The second-order valence-corrected chi connectivity index (χ2v) is 5.12. The molecule has 15 heavy (non-hydrogen) atoms. The Morgan fingerprint density at radius 3 is 2.53 bits per heavy atom. The molecule has 2 rings (SSSR count). The average Bonchev–Trinajstić information content (AvgIpc) is 2.16. The van der Waals surface area contributed by atoms with Crippen LogP contribution in [0.5, 0.6) is 0 Å². The van der Waals surface area contributed by atoms with E-state index in [-0.39, 0.29) is 5.41 Å².